The van der Waals surface area contributed by atoms with Gasteiger partial charge in [-0.25, -0.2) is 4.98 Å². The van der Waals surface area contributed by atoms with Crippen LogP contribution in [0.2, 0.25) is 0 Å². The summed E-state index contributed by atoms with van der Waals surface area (Å²) in [5.74, 6) is 0.679. The van der Waals surface area contributed by atoms with Crippen LogP contribution in [0.5, 0.6) is 0 Å². The summed E-state index contributed by atoms with van der Waals surface area (Å²) in [6.07, 6.45) is 1.19. The molecule has 2 atom stereocenters. The van der Waals surface area contributed by atoms with Crippen molar-refractivity contribution in [1.82, 2.24) is 10.3 Å². The second kappa shape index (κ2) is 5.05. The van der Waals surface area contributed by atoms with Crippen LogP contribution >= 0.6 is 11.3 Å². The van der Waals surface area contributed by atoms with Crippen LogP contribution in [0.4, 0.5) is 0 Å². The van der Waals surface area contributed by atoms with Gasteiger partial charge in [0.2, 0.25) is 0 Å². The van der Waals surface area contributed by atoms with E-state index in [1.165, 1.54) is 11.3 Å². The van der Waals surface area contributed by atoms with E-state index in [0.29, 0.717) is 12.0 Å². The van der Waals surface area contributed by atoms with E-state index >= 15 is 0 Å². The Balaban J connectivity index is 1.80. The first-order chi connectivity index (χ1) is 7.27. The van der Waals surface area contributed by atoms with E-state index in [4.69, 9.17) is 4.74 Å². The minimum Gasteiger partial charge on any atom is -0.381 e. The monoisotopic (exact) mass is 226 g/mol. The minimum atomic E-state index is 0.536. The third kappa shape index (κ3) is 2.77. The van der Waals surface area contributed by atoms with Gasteiger partial charge in [0.1, 0.15) is 0 Å². The summed E-state index contributed by atoms with van der Waals surface area (Å²) in [6.45, 7) is 7.09. The Bertz CT molecular complexity index is 307. The molecular formula is C11H18N2OS. The second-order valence-electron chi connectivity index (χ2n) is 4.15. The van der Waals surface area contributed by atoms with E-state index in [2.05, 4.69) is 24.1 Å². The molecule has 15 heavy (non-hydrogen) atoms. The Morgan fingerprint density at radius 3 is 3.20 bits per heavy atom. The molecule has 84 valence electrons. The van der Waals surface area contributed by atoms with Gasteiger partial charge in [0.05, 0.1) is 17.8 Å². The van der Waals surface area contributed by atoms with Crippen LogP contribution in [0.1, 0.15) is 23.9 Å². The Morgan fingerprint density at radius 1 is 1.73 bits per heavy atom. The molecule has 0 aromatic carbocycles. The topological polar surface area (TPSA) is 34.2 Å². The molecule has 2 rings (SSSR count). The molecule has 0 amide bonds. The fourth-order valence-electron chi connectivity index (χ4n) is 1.86. The first-order valence-corrected chi connectivity index (χ1v) is 6.35. The predicted molar refractivity (Wildman–Crippen MR) is 62.1 cm³/mol. The first-order valence-electron chi connectivity index (χ1n) is 5.47. The summed E-state index contributed by atoms with van der Waals surface area (Å²) in [5, 5.41) is 3.56. The van der Waals surface area contributed by atoms with Gasteiger partial charge in [0, 0.05) is 24.1 Å². The molecule has 1 aromatic rings. The number of rotatable bonds is 4. The molecule has 0 bridgehead atoms. The van der Waals surface area contributed by atoms with E-state index in [0.717, 1.165) is 25.5 Å². The zero-order chi connectivity index (χ0) is 10.7. The largest absolute Gasteiger partial charge is 0.381 e. The van der Waals surface area contributed by atoms with Crippen molar-refractivity contribution in [2.24, 2.45) is 5.92 Å². The molecule has 0 saturated carbocycles. The van der Waals surface area contributed by atoms with Gasteiger partial charge in [-0.3, -0.25) is 0 Å². The van der Waals surface area contributed by atoms with Crippen LogP contribution in [0, 0.1) is 12.8 Å². The second-order valence-corrected chi connectivity index (χ2v) is 5.09. The van der Waals surface area contributed by atoms with Crippen LogP contribution in [-0.2, 0) is 11.3 Å². The lowest BCUT2D eigenvalue weighted by Gasteiger charge is -2.18. The SMILES string of the molecule is Cc1ncsc1CNC(C)C1CCOC1. The normalized spacial score (nSPS) is 23.2. The van der Waals surface area contributed by atoms with E-state index in [9.17, 15) is 0 Å². The third-order valence-corrected chi connectivity index (χ3v) is 4.04. The highest BCUT2D eigenvalue weighted by atomic mass is 32.1. The maximum Gasteiger partial charge on any atom is 0.0798 e. The van der Waals surface area contributed by atoms with Crippen LogP contribution < -0.4 is 5.32 Å². The maximum absolute atomic E-state index is 5.39. The molecule has 0 radical (unpaired) electrons. The average Bonchev–Trinajstić information content (AvgIpc) is 2.85. The van der Waals surface area contributed by atoms with Crippen LogP contribution in [0.25, 0.3) is 0 Å². The Hall–Kier alpha value is -0.450. The smallest absolute Gasteiger partial charge is 0.0798 e. The third-order valence-electron chi connectivity index (χ3n) is 3.10. The molecule has 1 aromatic heterocycles. The molecule has 2 heterocycles. The summed E-state index contributed by atoms with van der Waals surface area (Å²) in [4.78, 5) is 5.59. The van der Waals surface area contributed by atoms with Crippen LogP contribution in [-0.4, -0.2) is 24.2 Å². The maximum atomic E-state index is 5.39. The molecule has 1 aliphatic heterocycles. The standard InChI is InChI=1S/C11H18N2OS/c1-8(10-3-4-14-6-10)12-5-11-9(2)13-7-15-11/h7-8,10,12H,3-6H2,1-2H3. The molecule has 1 aliphatic rings. The number of aromatic nitrogens is 1. The fourth-order valence-corrected chi connectivity index (χ4v) is 2.59. The summed E-state index contributed by atoms with van der Waals surface area (Å²) < 4.78 is 5.39. The van der Waals surface area contributed by atoms with Crippen molar-refractivity contribution in [3.05, 3.63) is 16.1 Å². The lowest BCUT2D eigenvalue weighted by molar-refractivity contribution is 0.178. The van der Waals surface area contributed by atoms with E-state index < -0.39 is 0 Å². The number of nitrogens with one attached hydrogen (secondary N) is 1. The van der Waals surface area contributed by atoms with Crippen LogP contribution in [0.3, 0.4) is 0 Å². The lowest BCUT2D eigenvalue weighted by Crippen LogP contribution is -2.33. The van der Waals surface area contributed by atoms with Crippen molar-refractivity contribution in [1.29, 1.82) is 0 Å². The van der Waals surface area contributed by atoms with Gasteiger partial charge in [0.15, 0.2) is 0 Å². The highest BCUT2D eigenvalue weighted by molar-refractivity contribution is 7.09. The molecule has 2 unspecified atom stereocenters. The van der Waals surface area contributed by atoms with Gasteiger partial charge >= 0.3 is 0 Å². The summed E-state index contributed by atoms with van der Waals surface area (Å²) >= 11 is 1.73. The Kier molecular flexibility index (Phi) is 3.72. The lowest BCUT2D eigenvalue weighted by atomic mass is 10.0. The Labute approximate surface area is 94.9 Å². The van der Waals surface area contributed by atoms with Crippen molar-refractivity contribution < 1.29 is 4.74 Å². The van der Waals surface area contributed by atoms with Crippen molar-refractivity contribution >= 4 is 11.3 Å². The summed E-state index contributed by atoms with van der Waals surface area (Å²) in [5.41, 5.74) is 3.07. The van der Waals surface area contributed by atoms with Gasteiger partial charge in [0.25, 0.3) is 0 Å². The highest BCUT2D eigenvalue weighted by Crippen LogP contribution is 2.18. The summed E-state index contributed by atoms with van der Waals surface area (Å²) in [7, 11) is 0. The van der Waals surface area contributed by atoms with E-state index in [1.807, 2.05) is 5.51 Å². The number of hydrogen-bond acceptors (Lipinski definition) is 4. The molecule has 1 fully saturated rings. The Morgan fingerprint density at radius 2 is 2.60 bits per heavy atom. The van der Waals surface area contributed by atoms with Gasteiger partial charge in [-0.2, -0.15) is 0 Å². The van der Waals surface area contributed by atoms with Crippen molar-refractivity contribution in [2.45, 2.75) is 32.9 Å². The molecule has 1 saturated heterocycles. The fraction of sp³-hybridized carbons (Fsp3) is 0.727. The molecule has 0 aliphatic carbocycles. The van der Waals surface area contributed by atoms with Gasteiger partial charge < -0.3 is 10.1 Å². The van der Waals surface area contributed by atoms with Crippen molar-refractivity contribution in [2.75, 3.05) is 13.2 Å². The zero-order valence-electron chi connectivity index (χ0n) is 9.32. The first kappa shape index (κ1) is 11.0. The predicted octanol–water partition coefficient (Wildman–Crippen LogP) is 1.97. The number of thiazole rings is 1. The number of ether oxygens (including phenoxy) is 1. The zero-order valence-corrected chi connectivity index (χ0v) is 10.1. The van der Waals surface area contributed by atoms with Gasteiger partial charge in [-0.05, 0) is 26.2 Å². The molecule has 4 heteroatoms. The van der Waals surface area contributed by atoms with Crippen molar-refractivity contribution in [3.8, 4) is 0 Å². The molecule has 1 N–H and O–H groups in total. The van der Waals surface area contributed by atoms with E-state index in [1.54, 1.807) is 11.3 Å². The molecule has 3 nitrogen and oxygen atoms in total. The minimum absolute atomic E-state index is 0.536. The molecule has 0 spiro atoms. The van der Waals surface area contributed by atoms with Gasteiger partial charge in [-0.15, -0.1) is 11.3 Å². The van der Waals surface area contributed by atoms with Crippen LogP contribution in [0.15, 0.2) is 5.51 Å². The number of nitrogens with zero attached hydrogens (tertiary/aromatic N) is 1. The molecular weight excluding hydrogens is 208 g/mol. The van der Waals surface area contributed by atoms with Crippen molar-refractivity contribution in [3.63, 3.8) is 0 Å². The highest BCUT2D eigenvalue weighted by Gasteiger charge is 2.21. The van der Waals surface area contributed by atoms with E-state index in [-0.39, 0.29) is 0 Å². The quantitative estimate of drug-likeness (QED) is 0.852. The van der Waals surface area contributed by atoms with Gasteiger partial charge in [-0.1, -0.05) is 0 Å². The summed E-state index contributed by atoms with van der Waals surface area (Å²) in [6, 6.07) is 0.536. The average molecular weight is 226 g/mol. The number of hydrogen-bond donors (Lipinski definition) is 1. The number of aryl methyl sites for hydroxylation is 1.